The average molecular weight is 340 g/mol. The number of benzene rings is 1. The topological polar surface area (TPSA) is 84.4 Å². The first-order valence-corrected chi connectivity index (χ1v) is 8.22. The number of hydrogen-bond acceptors (Lipinski definition) is 6. The van der Waals surface area contributed by atoms with E-state index >= 15 is 0 Å². The molecule has 130 valence electrons. The first-order valence-electron chi connectivity index (χ1n) is 8.22. The number of aromatic nitrogens is 2. The molecule has 0 saturated carbocycles. The second-order valence-corrected chi connectivity index (χ2v) is 5.87. The molecule has 1 aliphatic rings. The number of amides is 1. The predicted molar refractivity (Wildman–Crippen MR) is 94.1 cm³/mol. The standard InChI is InChI=1S/C18H20N4O3/c1-13(23)14-4-6-15(7-5-14)25-11-18(24)21-16-10-17(20-12-19-16)22-8-2-3-9-22/h4-7,10,12H,2-3,8-9,11H2,1H3,(H,19,20,21,24). The van der Waals surface area contributed by atoms with Crippen molar-refractivity contribution in [1.29, 1.82) is 0 Å². The van der Waals surface area contributed by atoms with Gasteiger partial charge in [0.05, 0.1) is 0 Å². The van der Waals surface area contributed by atoms with Gasteiger partial charge in [0.2, 0.25) is 0 Å². The summed E-state index contributed by atoms with van der Waals surface area (Å²) < 4.78 is 5.43. The van der Waals surface area contributed by atoms with Crippen molar-refractivity contribution in [2.45, 2.75) is 19.8 Å². The van der Waals surface area contributed by atoms with Gasteiger partial charge in [-0.25, -0.2) is 9.97 Å². The minimum atomic E-state index is -0.304. The molecule has 1 fully saturated rings. The molecule has 0 bridgehead atoms. The van der Waals surface area contributed by atoms with Gasteiger partial charge in [0.1, 0.15) is 23.7 Å². The molecule has 2 heterocycles. The van der Waals surface area contributed by atoms with Crippen LogP contribution >= 0.6 is 0 Å². The van der Waals surface area contributed by atoms with Gasteiger partial charge in [-0.3, -0.25) is 9.59 Å². The number of nitrogens with one attached hydrogen (secondary N) is 1. The van der Waals surface area contributed by atoms with Crippen LogP contribution in [-0.4, -0.2) is 41.4 Å². The number of carbonyl (C=O) groups is 2. The van der Waals surface area contributed by atoms with E-state index in [9.17, 15) is 9.59 Å². The molecule has 1 aliphatic heterocycles. The minimum absolute atomic E-state index is 0.0122. The third kappa shape index (κ3) is 4.53. The number of ketones is 1. The fraction of sp³-hybridized carbons (Fsp3) is 0.333. The molecule has 2 aromatic rings. The number of hydrogen-bond donors (Lipinski definition) is 1. The highest BCUT2D eigenvalue weighted by Gasteiger charge is 2.14. The Kier molecular flexibility index (Phi) is 5.23. The molecular formula is C18H20N4O3. The molecule has 0 atom stereocenters. The van der Waals surface area contributed by atoms with Gasteiger partial charge >= 0.3 is 0 Å². The van der Waals surface area contributed by atoms with Crippen molar-refractivity contribution >= 4 is 23.3 Å². The van der Waals surface area contributed by atoms with Gasteiger partial charge in [0.15, 0.2) is 12.4 Å². The molecule has 1 saturated heterocycles. The largest absolute Gasteiger partial charge is 0.484 e. The smallest absolute Gasteiger partial charge is 0.263 e. The van der Waals surface area contributed by atoms with Crippen LogP contribution in [0.5, 0.6) is 5.75 Å². The van der Waals surface area contributed by atoms with Crippen molar-refractivity contribution in [3.8, 4) is 5.75 Å². The van der Waals surface area contributed by atoms with E-state index in [-0.39, 0.29) is 18.3 Å². The van der Waals surface area contributed by atoms with Crippen molar-refractivity contribution in [3.63, 3.8) is 0 Å². The van der Waals surface area contributed by atoms with Crippen molar-refractivity contribution in [3.05, 3.63) is 42.2 Å². The molecule has 7 heteroatoms. The summed E-state index contributed by atoms with van der Waals surface area (Å²) in [4.78, 5) is 33.8. The van der Waals surface area contributed by atoms with Gasteiger partial charge in [0, 0.05) is 24.7 Å². The van der Waals surface area contributed by atoms with Gasteiger partial charge in [-0.05, 0) is 44.0 Å². The van der Waals surface area contributed by atoms with Crippen LogP contribution in [0, 0.1) is 0 Å². The summed E-state index contributed by atoms with van der Waals surface area (Å²) in [5.74, 6) is 1.49. The fourth-order valence-electron chi connectivity index (χ4n) is 2.65. The highest BCUT2D eigenvalue weighted by Crippen LogP contribution is 2.19. The Bertz CT molecular complexity index is 755. The first kappa shape index (κ1) is 16.9. The van der Waals surface area contributed by atoms with E-state index in [0.717, 1.165) is 31.7 Å². The minimum Gasteiger partial charge on any atom is -0.484 e. The lowest BCUT2D eigenvalue weighted by molar-refractivity contribution is -0.118. The molecule has 0 aliphatic carbocycles. The van der Waals surface area contributed by atoms with E-state index in [0.29, 0.717) is 17.1 Å². The molecule has 0 radical (unpaired) electrons. The third-order valence-electron chi connectivity index (χ3n) is 3.98. The molecule has 3 rings (SSSR count). The van der Waals surface area contributed by atoms with Crippen LogP contribution in [0.3, 0.4) is 0 Å². The van der Waals surface area contributed by atoms with Crippen LogP contribution in [0.1, 0.15) is 30.1 Å². The Labute approximate surface area is 146 Å². The van der Waals surface area contributed by atoms with Gasteiger partial charge in [-0.1, -0.05) is 0 Å². The summed E-state index contributed by atoms with van der Waals surface area (Å²) in [6.45, 7) is 3.32. The molecule has 7 nitrogen and oxygen atoms in total. The van der Waals surface area contributed by atoms with Crippen LogP contribution in [0.4, 0.5) is 11.6 Å². The van der Waals surface area contributed by atoms with Crippen LogP contribution < -0.4 is 15.0 Å². The zero-order chi connectivity index (χ0) is 17.6. The highest BCUT2D eigenvalue weighted by molar-refractivity contribution is 5.94. The maximum Gasteiger partial charge on any atom is 0.263 e. The lowest BCUT2D eigenvalue weighted by Gasteiger charge is -2.16. The number of rotatable bonds is 6. The SMILES string of the molecule is CC(=O)c1ccc(OCC(=O)Nc2cc(N3CCCC3)ncn2)cc1. The Morgan fingerprint density at radius 2 is 1.88 bits per heavy atom. The number of nitrogens with zero attached hydrogens (tertiary/aromatic N) is 3. The van der Waals surface area contributed by atoms with E-state index < -0.39 is 0 Å². The summed E-state index contributed by atoms with van der Waals surface area (Å²) in [6.07, 6.45) is 3.76. The van der Waals surface area contributed by atoms with Crippen LogP contribution in [0.25, 0.3) is 0 Å². The normalized spacial score (nSPS) is 13.6. The number of ether oxygens (including phenoxy) is 1. The Morgan fingerprint density at radius 3 is 2.56 bits per heavy atom. The van der Waals surface area contributed by atoms with Crippen molar-refractivity contribution in [1.82, 2.24) is 9.97 Å². The maximum absolute atomic E-state index is 12.0. The second kappa shape index (κ2) is 7.74. The van der Waals surface area contributed by atoms with E-state index in [1.54, 1.807) is 30.3 Å². The summed E-state index contributed by atoms with van der Waals surface area (Å²) in [5, 5.41) is 2.71. The Balaban J connectivity index is 1.53. The Morgan fingerprint density at radius 1 is 1.16 bits per heavy atom. The quantitative estimate of drug-likeness (QED) is 0.812. The molecule has 1 aromatic heterocycles. The van der Waals surface area contributed by atoms with Crippen LogP contribution in [0.15, 0.2) is 36.7 Å². The van der Waals surface area contributed by atoms with Crippen molar-refractivity contribution in [2.24, 2.45) is 0 Å². The van der Waals surface area contributed by atoms with Crippen molar-refractivity contribution in [2.75, 3.05) is 29.9 Å². The number of anilines is 2. The van der Waals surface area contributed by atoms with Gasteiger partial charge in [-0.15, -0.1) is 0 Å². The van der Waals surface area contributed by atoms with Crippen LogP contribution in [-0.2, 0) is 4.79 Å². The first-order chi connectivity index (χ1) is 12.1. The average Bonchev–Trinajstić information content (AvgIpc) is 3.15. The molecule has 1 aromatic carbocycles. The monoisotopic (exact) mass is 340 g/mol. The van der Waals surface area contributed by atoms with Crippen molar-refractivity contribution < 1.29 is 14.3 Å². The highest BCUT2D eigenvalue weighted by atomic mass is 16.5. The predicted octanol–water partition coefficient (Wildman–Crippen LogP) is 2.30. The zero-order valence-corrected chi connectivity index (χ0v) is 14.1. The molecule has 25 heavy (non-hydrogen) atoms. The van der Waals surface area contributed by atoms with E-state index in [1.165, 1.54) is 13.3 Å². The van der Waals surface area contributed by atoms with E-state index in [2.05, 4.69) is 20.2 Å². The number of carbonyl (C=O) groups excluding carboxylic acids is 2. The number of Topliss-reactive ketones (excluding diaryl/α,β-unsaturated/α-hetero) is 1. The summed E-state index contributed by atoms with van der Waals surface area (Å²) in [7, 11) is 0. The third-order valence-corrected chi connectivity index (χ3v) is 3.98. The molecule has 0 spiro atoms. The van der Waals surface area contributed by atoms with E-state index in [4.69, 9.17) is 4.74 Å². The summed E-state index contributed by atoms with van der Waals surface area (Å²) >= 11 is 0. The molecule has 1 amide bonds. The summed E-state index contributed by atoms with van der Waals surface area (Å²) in [6, 6.07) is 8.44. The Hall–Kier alpha value is -2.96. The molecular weight excluding hydrogens is 320 g/mol. The zero-order valence-electron chi connectivity index (χ0n) is 14.1. The van der Waals surface area contributed by atoms with Gasteiger partial charge in [-0.2, -0.15) is 0 Å². The van der Waals surface area contributed by atoms with Gasteiger partial charge in [0.25, 0.3) is 5.91 Å². The summed E-state index contributed by atoms with van der Waals surface area (Å²) in [5.41, 5.74) is 0.604. The second-order valence-electron chi connectivity index (χ2n) is 5.87. The maximum atomic E-state index is 12.0. The lowest BCUT2D eigenvalue weighted by Crippen LogP contribution is -2.22. The molecule has 0 unspecified atom stereocenters. The lowest BCUT2D eigenvalue weighted by atomic mass is 10.1. The van der Waals surface area contributed by atoms with Crippen LogP contribution in [0.2, 0.25) is 0 Å². The molecule has 1 N–H and O–H groups in total. The fourth-order valence-corrected chi connectivity index (χ4v) is 2.65. The van der Waals surface area contributed by atoms with E-state index in [1.807, 2.05) is 0 Å². The van der Waals surface area contributed by atoms with Gasteiger partial charge < -0.3 is 15.0 Å².